The molecule has 1 aliphatic rings. The van der Waals surface area contributed by atoms with Crippen LogP contribution in [0.3, 0.4) is 0 Å². The molecular weight excluding hydrogens is 208 g/mol. The maximum absolute atomic E-state index is 6.16. The highest BCUT2D eigenvalue weighted by Gasteiger charge is 2.38. The predicted molar refractivity (Wildman–Crippen MR) is 76.2 cm³/mol. The highest BCUT2D eigenvalue weighted by Crippen LogP contribution is 2.40. The van der Waals surface area contributed by atoms with E-state index in [4.69, 9.17) is 5.73 Å². The quantitative estimate of drug-likeness (QED) is 0.746. The zero-order chi connectivity index (χ0) is 12.9. The Balaban J connectivity index is 2.79. The van der Waals surface area contributed by atoms with E-state index in [1.807, 2.05) is 0 Å². The number of nitrogens with two attached hydrogens (primary N) is 1. The summed E-state index contributed by atoms with van der Waals surface area (Å²) in [6, 6.07) is 0. The van der Waals surface area contributed by atoms with Gasteiger partial charge in [-0.15, -0.1) is 0 Å². The summed E-state index contributed by atoms with van der Waals surface area (Å²) < 4.78 is 0. The van der Waals surface area contributed by atoms with Crippen LogP contribution in [0, 0.1) is 5.41 Å². The van der Waals surface area contributed by atoms with Gasteiger partial charge in [-0.2, -0.15) is 0 Å². The Morgan fingerprint density at radius 3 is 2.29 bits per heavy atom. The van der Waals surface area contributed by atoms with Gasteiger partial charge in [-0.1, -0.05) is 34.1 Å². The lowest BCUT2D eigenvalue weighted by atomic mass is 9.83. The van der Waals surface area contributed by atoms with Crippen molar-refractivity contribution in [2.75, 3.05) is 19.6 Å². The van der Waals surface area contributed by atoms with Crippen LogP contribution in [0.15, 0.2) is 0 Å². The minimum Gasteiger partial charge on any atom is -0.329 e. The smallest absolute Gasteiger partial charge is 0.0331 e. The third kappa shape index (κ3) is 3.69. The van der Waals surface area contributed by atoms with Crippen LogP contribution in [0.5, 0.6) is 0 Å². The summed E-state index contributed by atoms with van der Waals surface area (Å²) in [7, 11) is 0. The van der Waals surface area contributed by atoms with Gasteiger partial charge in [0.1, 0.15) is 0 Å². The van der Waals surface area contributed by atoms with Crippen LogP contribution in [0.4, 0.5) is 0 Å². The first-order chi connectivity index (χ1) is 7.99. The Hall–Kier alpha value is -0.0800. The highest BCUT2D eigenvalue weighted by atomic mass is 15.2. The summed E-state index contributed by atoms with van der Waals surface area (Å²) in [6.45, 7) is 12.6. The van der Waals surface area contributed by atoms with Crippen LogP contribution in [0.2, 0.25) is 0 Å². The molecule has 0 heterocycles. The summed E-state index contributed by atoms with van der Waals surface area (Å²) >= 11 is 0. The minimum absolute atomic E-state index is 0.290. The molecular formula is C15H32N2. The summed E-state index contributed by atoms with van der Waals surface area (Å²) in [5.74, 6) is 0. The number of hydrogen-bond acceptors (Lipinski definition) is 2. The number of nitrogens with zero attached hydrogens (tertiary/aromatic N) is 1. The Labute approximate surface area is 108 Å². The van der Waals surface area contributed by atoms with Gasteiger partial charge in [-0.05, 0) is 50.6 Å². The van der Waals surface area contributed by atoms with E-state index in [0.717, 1.165) is 13.1 Å². The summed E-state index contributed by atoms with van der Waals surface area (Å²) in [4.78, 5) is 2.65. The number of rotatable bonds is 5. The zero-order valence-electron chi connectivity index (χ0n) is 12.4. The second-order valence-electron chi connectivity index (χ2n) is 6.53. The Bertz CT molecular complexity index is 225. The predicted octanol–water partition coefficient (Wildman–Crippen LogP) is 3.41. The SMILES string of the molecule is CCCN(CC)C1(CN)CCCC(C)(C)CC1. The van der Waals surface area contributed by atoms with Crippen molar-refractivity contribution in [1.82, 2.24) is 4.90 Å². The molecule has 0 radical (unpaired) electrons. The monoisotopic (exact) mass is 240 g/mol. The molecule has 0 amide bonds. The lowest BCUT2D eigenvalue weighted by Crippen LogP contribution is -2.54. The van der Waals surface area contributed by atoms with Crippen molar-refractivity contribution in [3.8, 4) is 0 Å². The van der Waals surface area contributed by atoms with Gasteiger partial charge in [0.05, 0.1) is 0 Å². The number of likely N-dealkylation sites (N-methyl/N-ethyl adjacent to an activating group) is 1. The largest absolute Gasteiger partial charge is 0.329 e. The molecule has 0 aromatic heterocycles. The molecule has 0 aromatic rings. The Morgan fingerprint density at radius 1 is 1.06 bits per heavy atom. The zero-order valence-corrected chi connectivity index (χ0v) is 12.4. The van der Waals surface area contributed by atoms with E-state index in [9.17, 15) is 0 Å². The normalized spacial score (nSPS) is 29.3. The fourth-order valence-electron chi connectivity index (χ4n) is 3.37. The molecule has 2 heteroatoms. The van der Waals surface area contributed by atoms with Crippen molar-refractivity contribution in [1.29, 1.82) is 0 Å². The molecule has 1 unspecified atom stereocenters. The van der Waals surface area contributed by atoms with Crippen LogP contribution in [0.1, 0.15) is 66.2 Å². The lowest BCUT2D eigenvalue weighted by molar-refractivity contribution is 0.0805. The van der Waals surface area contributed by atoms with Crippen LogP contribution in [0.25, 0.3) is 0 Å². The molecule has 1 fully saturated rings. The fraction of sp³-hybridized carbons (Fsp3) is 1.00. The van der Waals surface area contributed by atoms with Crippen molar-refractivity contribution >= 4 is 0 Å². The van der Waals surface area contributed by atoms with E-state index < -0.39 is 0 Å². The first-order valence-corrected chi connectivity index (χ1v) is 7.45. The second-order valence-corrected chi connectivity index (χ2v) is 6.53. The first-order valence-electron chi connectivity index (χ1n) is 7.45. The molecule has 1 aliphatic carbocycles. The third-order valence-electron chi connectivity index (χ3n) is 4.69. The first kappa shape index (κ1) is 15.0. The molecule has 0 aliphatic heterocycles. The molecule has 2 nitrogen and oxygen atoms in total. The van der Waals surface area contributed by atoms with Crippen LogP contribution < -0.4 is 5.73 Å². The molecule has 1 atom stereocenters. The van der Waals surface area contributed by atoms with Crippen molar-refractivity contribution in [3.05, 3.63) is 0 Å². The van der Waals surface area contributed by atoms with Crippen molar-refractivity contribution in [2.24, 2.45) is 11.1 Å². The summed E-state index contributed by atoms with van der Waals surface area (Å²) in [5.41, 5.74) is 6.97. The maximum atomic E-state index is 6.16. The average molecular weight is 240 g/mol. The van der Waals surface area contributed by atoms with Crippen LogP contribution in [-0.2, 0) is 0 Å². The minimum atomic E-state index is 0.290. The van der Waals surface area contributed by atoms with E-state index in [0.29, 0.717) is 11.0 Å². The molecule has 0 spiro atoms. The molecule has 102 valence electrons. The highest BCUT2D eigenvalue weighted by molar-refractivity contribution is 4.95. The topological polar surface area (TPSA) is 29.3 Å². The van der Waals surface area contributed by atoms with Crippen molar-refractivity contribution in [3.63, 3.8) is 0 Å². The Kier molecular flexibility index (Phi) is 5.46. The lowest BCUT2D eigenvalue weighted by Gasteiger charge is -2.43. The summed E-state index contributed by atoms with van der Waals surface area (Å²) in [5, 5.41) is 0. The van der Waals surface area contributed by atoms with Gasteiger partial charge < -0.3 is 5.73 Å². The maximum Gasteiger partial charge on any atom is 0.0331 e. The van der Waals surface area contributed by atoms with Gasteiger partial charge >= 0.3 is 0 Å². The van der Waals surface area contributed by atoms with Crippen molar-refractivity contribution < 1.29 is 0 Å². The van der Waals surface area contributed by atoms with E-state index in [2.05, 4.69) is 32.6 Å². The van der Waals surface area contributed by atoms with E-state index in [1.54, 1.807) is 0 Å². The molecule has 0 saturated heterocycles. The van der Waals surface area contributed by atoms with Crippen molar-refractivity contribution in [2.45, 2.75) is 71.8 Å². The Morgan fingerprint density at radius 2 is 1.76 bits per heavy atom. The van der Waals surface area contributed by atoms with Gasteiger partial charge in [0.2, 0.25) is 0 Å². The van der Waals surface area contributed by atoms with E-state index in [-0.39, 0.29) is 0 Å². The third-order valence-corrected chi connectivity index (χ3v) is 4.69. The van der Waals surface area contributed by atoms with Gasteiger partial charge in [0.15, 0.2) is 0 Å². The fourth-order valence-corrected chi connectivity index (χ4v) is 3.37. The number of hydrogen-bond donors (Lipinski definition) is 1. The standard InChI is InChI=1S/C15H32N2/c1-5-12-17(6-2)15(13-16)9-7-8-14(3,4)10-11-15/h5-13,16H2,1-4H3. The van der Waals surface area contributed by atoms with Gasteiger partial charge in [0, 0.05) is 12.1 Å². The summed E-state index contributed by atoms with van der Waals surface area (Å²) in [6.07, 6.45) is 7.83. The average Bonchev–Trinajstić information content (AvgIpc) is 2.46. The van der Waals surface area contributed by atoms with E-state index in [1.165, 1.54) is 45.1 Å². The molecule has 2 N–H and O–H groups in total. The van der Waals surface area contributed by atoms with Gasteiger partial charge in [-0.3, -0.25) is 4.90 Å². The molecule has 17 heavy (non-hydrogen) atoms. The second kappa shape index (κ2) is 6.19. The molecule has 0 bridgehead atoms. The van der Waals surface area contributed by atoms with Crippen LogP contribution in [-0.4, -0.2) is 30.1 Å². The molecule has 1 saturated carbocycles. The molecule has 0 aromatic carbocycles. The van der Waals surface area contributed by atoms with Crippen LogP contribution >= 0.6 is 0 Å². The van der Waals surface area contributed by atoms with E-state index >= 15 is 0 Å². The van der Waals surface area contributed by atoms with Gasteiger partial charge in [-0.25, -0.2) is 0 Å². The van der Waals surface area contributed by atoms with Gasteiger partial charge in [0.25, 0.3) is 0 Å². The molecule has 1 rings (SSSR count).